The molecule has 0 spiro atoms. The SMILES string of the molecule is Cc1noc(C)c1CN1CCN(C(=O)c2oc3ccc(Br)cc3c2C)CC1. The zero-order valence-corrected chi connectivity index (χ0v) is 17.3. The van der Waals surface area contributed by atoms with E-state index < -0.39 is 0 Å². The van der Waals surface area contributed by atoms with Crippen molar-refractivity contribution in [3.8, 4) is 0 Å². The summed E-state index contributed by atoms with van der Waals surface area (Å²) in [7, 11) is 0. The summed E-state index contributed by atoms with van der Waals surface area (Å²) in [6.07, 6.45) is 0. The van der Waals surface area contributed by atoms with E-state index in [4.69, 9.17) is 8.94 Å². The molecule has 0 bridgehead atoms. The van der Waals surface area contributed by atoms with E-state index >= 15 is 0 Å². The Bertz CT molecular complexity index is 980. The van der Waals surface area contributed by atoms with Crippen molar-refractivity contribution in [3.63, 3.8) is 0 Å². The van der Waals surface area contributed by atoms with Gasteiger partial charge in [0.15, 0.2) is 5.76 Å². The molecule has 0 N–H and O–H groups in total. The Hall–Kier alpha value is -2.12. The summed E-state index contributed by atoms with van der Waals surface area (Å²) in [5, 5.41) is 5.00. The van der Waals surface area contributed by atoms with Gasteiger partial charge in [-0.25, -0.2) is 0 Å². The molecule has 27 heavy (non-hydrogen) atoms. The van der Waals surface area contributed by atoms with Crippen LogP contribution in [-0.4, -0.2) is 47.0 Å². The lowest BCUT2D eigenvalue weighted by Crippen LogP contribution is -2.48. The molecule has 1 fully saturated rings. The molecule has 2 aromatic heterocycles. The van der Waals surface area contributed by atoms with Crippen LogP contribution in [0.25, 0.3) is 11.0 Å². The number of rotatable bonds is 3. The van der Waals surface area contributed by atoms with Crippen LogP contribution in [0.3, 0.4) is 0 Å². The molecule has 0 saturated carbocycles. The third kappa shape index (κ3) is 3.41. The summed E-state index contributed by atoms with van der Waals surface area (Å²) >= 11 is 3.48. The van der Waals surface area contributed by atoms with E-state index in [1.807, 2.05) is 43.9 Å². The second-order valence-electron chi connectivity index (χ2n) is 7.07. The summed E-state index contributed by atoms with van der Waals surface area (Å²) < 4.78 is 12.1. The lowest BCUT2D eigenvalue weighted by atomic mass is 10.1. The first kappa shape index (κ1) is 18.3. The molecule has 1 amide bonds. The van der Waals surface area contributed by atoms with Crippen LogP contribution in [0.4, 0.5) is 0 Å². The zero-order valence-electron chi connectivity index (χ0n) is 15.7. The quantitative estimate of drug-likeness (QED) is 0.625. The number of nitrogens with zero attached hydrogens (tertiary/aromatic N) is 3. The molecule has 0 radical (unpaired) electrons. The van der Waals surface area contributed by atoms with Crippen LogP contribution in [0, 0.1) is 20.8 Å². The number of hydrogen-bond donors (Lipinski definition) is 0. The van der Waals surface area contributed by atoms with Gasteiger partial charge in [-0.15, -0.1) is 0 Å². The van der Waals surface area contributed by atoms with Crippen LogP contribution >= 0.6 is 15.9 Å². The number of carbonyl (C=O) groups excluding carboxylic acids is 1. The largest absolute Gasteiger partial charge is 0.451 e. The number of amides is 1. The van der Waals surface area contributed by atoms with Gasteiger partial charge in [-0.05, 0) is 39.0 Å². The van der Waals surface area contributed by atoms with Gasteiger partial charge in [0.1, 0.15) is 11.3 Å². The summed E-state index contributed by atoms with van der Waals surface area (Å²) in [5.41, 5.74) is 3.73. The fourth-order valence-electron chi connectivity index (χ4n) is 3.60. The van der Waals surface area contributed by atoms with Gasteiger partial charge in [0.2, 0.25) is 0 Å². The number of piperazine rings is 1. The Labute approximate surface area is 166 Å². The molecular formula is C20H22BrN3O3. The number of furan rings is 1. The van der Waals surface area contributed by atoms with Gasteiger partial charge >= 0.3 is 0 Å². The minimum atomic E-state index is -0.0307. The van der Waals surface area contributed by atoms with Gasteiger partial charge in [-0.2, -0.15) is 0 Å². The molecule has 1 aliphatic rings. The van der Waals surface area contributed by atoms with Crippen LogP contribution in [0.2, 0.25) is 0 Å². The number of carbonyl (C=O) groups is 1. The zero-order chi connectivity index (χ0) is 19.1. The molecule has 3 heterocycles. The molecule has 0 unspecified atom stereocenters. The van der Waals surface area contributed by atoms with Crippen LogP contribution in [-0.2, 0) is 6.54 Å². The Morgan fingerprint density at radius 1 is 1.19 bits per heavy atom. The Balaban J connectivity index is 1.45. The van der Waals surface area contributed by atoms with Gasteiger partial charge in [-0.3, -0.25) is 9.69 Å². The number of fused-ring (bicyclic) bond motifs is 1. The Kier molecular flexibility index (Phi) is 4.82. The van der Waals surface area contributed by atoms with E-state index in [2.05, 4.69) is 26.0 Å². The van der Waals surface area contributed by atoms with Crippen LogP contribution in [0.1, 0.15) is 33.1 Å². The van der Waals surface area contributed by atoms with Crippen LogP contribution in [0.15, 0.2) is 31.6 Å². The minimum absolute atomic E-state index is 0.0307. The maximum absolute atomic E-state index is 13.0. The van der Waals surface area contributed by atoms with Crippen molar-refractivity contribution in [1.29, 1.82) is 0 Å². The minimum Gasteiger partial charge on any atom is -0.451 e. The van der Waals surface area contributed by atoms with E-state index in [9.17, 15) is 4.79 Å². The normalized spacial score (nSPS) is 15.6. The molecule has 1 saturated heterocycles. The third-order valence-electron chi connectivity index (χ3n) is 5.31. The van der Waals surface area contributed by atoms with Crippen molar-refractivity contribution in [1.82, 2.24) is 15.0 Å². The van der Waals surface area contributed by atoms with Gasteiger partial charge in [0.25, 0.3) is 5.91 Å². The van der Waals surface area contributed by atoms with Crippen LogP contribution < -0.4 is 0 Å². The molecule has 1 aliphatic heterocycles. The van der Waals surface area contributed by atoms with Crippen molar-refractivity contribution in [2.75, 3.05) is 26.2 Å². The van der Waals surface area contributed by atoms with E-state index in [1.165, 1.54) is 0 Å². The molecule has 6 nitrogen and oxygen atoms in total. The summed E-state index contributed by atoms with van der Waals surface area (Å²) in [5.74, 6) is 1.29. The van der Waals surface area contributed by atoms with Crippen molar-refractivity contribution in [2.45, 2.75) is 27.3 Å². The predicted molar refractivity (Wildman–Crippen MR) is 106 cm³/mol. The predicted octanol–water partition coefficient (Wildman–Crippen LogP) is 4.07. The first-order valence-electron chi connectivity index (χ1n) is 9.06. The average Bonchev–Trinajstić information content (AvgIpc) is 3.16. The third-order valence-corrected chi connectivity index (χ3v) is 5.81. The van der Waals surface area contributed by atoms with Gasteiger partial charge in [-0.1, -0.05) is 21.1 Å². The second kappa shape index (κ2) is 7.13. The van der Waals surface area contributed by atoms with E-state index in [1.54, 1.807) is 0 Å². The fourth-order valence-corrected chi connectivity index (χ4v) is 3.96. The number of aromatic nitrogens is 1. The van der Waals surface area contributed by atoms with E-state index in [-0.39, 0.29) is 5.91 Å². The number of halogens is 1. The summed E-state index contributed by atoms with van der Waals surface area (Å²) in [6.45, 7) is 9.66. The smallest absolute Gasteiger partial charge is 0.289 e. The number of aryl methyl sites for hydroxylation is 3. The highest BCUT2D eigenvalue weighted by molar-refractivity contribution is 9.10. The Morgan fingerprint density at radius 2 is 1.93 bits per heavy atom. The fraction of sp³-hybridized carbons (Fsp3) is 0.400. The van der Waals surface area contributed by atoms with E-state index in [0.717, 1.165) is 57.7 Å². The van der Waals surface area contributed by atoms with Crippen molar-refractivity contribution >= 4 is 32.8 Å². The summed E-state index contributed by atoms with van der Waals surface area (Å²) in [6, 6.07) is 5.81. The maximum Gasteiger partial charge on any atom is 0.289 e. The molecule has 0 aliphatic carbocycles. The standard InChI is InChI=1S/C20H22BrN3O3/c1-12-16-10-15(21)4-5-18(16)26-19(12)20(25)24-8-6-23(7-9-24)11-17-13(2)22-27-14(17)3/h4-5,10H,6-9,11H2,1-3H3. The lowest BCUT2D eigenvalue weighted by molar-refractivity contribution is 0.0598. The van der Waals surface area contributed by atoms with E-state index in [0.29, 0.717) is 18.8 Å². The van der Waals surface area contributed by atoms with Crippen molar-refractivity contribution < 1.29 is 13.7 Å². The van der Waals surface area contributed by atoms with Crippen LogP contribution in [0.5, 0.6) is 0 Å². The lowest BCUT2D eigenvalue weighted by Gasteiger charge is -2.34. The number of hydrogen-bond acceptors (Lipinski definition) is 5. The van der Waals surface area contributed by atoms with Gasteiger partial charge < -0.3 is 13.8 Å². The topological polar surface area (TPSA) is 62.7 Å². The first-order chi connectivity index (χ1) is 12.9. The molecule has 4 rings (SSSR count). The van der Waals surface area contributed by atoms with Gasteiger partial charge in [0.05, 0.1) is 5.69 Å². The highest BCUT2D eigenvalue weighted by atomic mass is 79.9. The molecular weight excluding hydrogens is 410 g/mol. The molecule has 3 aromatic rings. The molecule has 7 heteroatoms. The Morgan fingerprint density at radius 3 is 2.59 bits per heavy atom. The summed E-state index contributed by atoms with van der Waals surface area (Å²) in [4.78, 5) is 17.2. The molecule has 0 atom stereocenters. The van der Waals surface area contributed by atoms with Gasteiger partial charge in [0, 0.05) is 53.7 Å². The first-order valence-corrected chi connectivity index (χ1v) is 9.85. The number of benzene rings is 1. The highest BCUT2D eigenvalue weighted by Gasteiger charge is 2.27. The highest BCUT2D eigenvalue weighted by Crippen LogP contribution is 2.29. The maximum atomic E-state index is 13.0. The second-order valence-corrected chi connectivity index (χ2v) is 7.98. The average molecular weight is 432 g/mol. The monoisotopic (exact) mass is 431 g/mol. The van der Waals surface area contributed by atoms with Crippen molar-refractivity contribution in [3.05, 3.63) is 51.0 Å². The molecule has 1 aromatic carbocycles. The van der Waals surface area contributed by atoms with Crippen molar-refractivity contribution in [2.24, 2.45) is 0 Å². The molecule has 142 valence electrons.